The number of hydrogen-bond donors (Lipinski definition) is 1. The molecule has 2 rings (SSSR count). The van der Waals surface area contributed by atoms with E-state index >= 15 is 0 Å². The maximum atomic E-state index is 5.46. The Labute approximate surface area is 97.4 Å². The smallest absolute Gasteiger partial charge is 0.123 e. The second-order valence-corrected chi connectivity index (χ2v) is 4.29. The van der Waals surface area contributed by atoms with Gasteiger partial charge in [0, 0.05) is 10.2 Å². The Bertz CT molecular complexity index is 450. The summed E-state index contributed by atoms with van der Waals surface area (Å²) in [5, 5.41) is 3.29. The fourth-order valence-corrected chi connectivity index (χ4v) is 1.77. The highest BCUT2D eigenvalue weighted by Crippen LogP contribution is 2.16. The third-order valence-electron chi connectivity index (χ3n) is 2.09. The van der Waals surface area contributed by atoms with Crippen LogP contribution in [0, 0.1) is 6.92 Å². The summed E-state index contributed by atoms with van der Waals surface area (Å²) in [6, 6.07) is 12.0. The lowest BCUT2D eigenvalue weighted by molar-refractivity contribution is 0.490. The molecule has 0 aliphatic heterocycles. The first-order valence-corrected chi connectivity index (χ1v) is 5.58. The highest BCUT2D eigenvalue weighted by molar-refractivity contribution is 9.10. The van der Waals surface area contributed by atoms with Crippen molar-refractivity contribution in [2.24, 2.45) is 0 Å². The molecule has 0 spiro atoms. The van der Waals surface area contributed by atoms with E-state index in [4.69, 9.17) is 4.42 Å². The number of halogens is 1. The van der Waals surface area contributed by atoms with E-state index in [1.165, 1.54) is 0 Å². The Kier molecular flexibility index (Phi) is 3.11. The molecule has 0 aliphatic carbocycles. The van der Waals surface area contributed by atoms with Crippen molar-refractivity contribution in [3.05, 3.63) is 52.4 Å². The molecule has 0 saturated heterocycles. The van der Waals surface area contributed by atoms with E-state index in [2.05, 4.69) is 21.2 Å². The Morgan fingerprint density at radius 1 is 1.27 bits per heavy atom. The van der Waals surface area contributed by atoms with Gasteiger partial charge in [0.15, 0.2) is 0 Å². The molecule has 15 heavy (non-hydrogen) atoms. The van der Waals surface area contributed by atoms with Crippen molar-refractivity contribution in [2.45, 2.75) is 13.5 Å². The van der Waals surface area contributed by atoms with Gasteiger partial charge in [-0.1, -0.05) is 22.0 Å². The molecule has 2 nitrogen and oxygen atoms in total. The third kappa shape index (κ3) is 2.86. The fraction of sp³-hybridized carbons (Fsp3) is 0.167. The molecule has 1 heterocycles. The lowest BCUT2D eigenvalue weighted by Gasteiger charge is -2.04. The maximum Gasteiger partial charge on any atom is 0.123 e. The molecule has 1 aromatic carbocycles. The van der Waals surface area contributed by atoms with Crippen molar-refractivity contribution in [3.8, 4) is 0 Å². The third-order valence-corrected chi connectivity index (χ3v) is 2.58. The van der Waals surface area contributed by atoms with E-state index in [9.17, 15) is 0 Å². The van der Waals surface area contributed by atoms with Gasteiger partial charge in [-0.05, 0) is 37.3 Å². The van der Waals surface area contributed by atoms with Crippen LogP contribution >= 0.6 is 15.9 Å². The molecule has 0 aliphatic rings. The quantitative estimate of drug-likeness (QED) is 0.909. The Morgan fingerprint density at radius 2 is 2.13 bits per heavy atom. The van der Waals surface area contributed by atoms with Gasteiger partial charge in [0.25, 0.3) is 0 Å². The van der Waals surface area contributed by atoms with Crippen molar-refractivity contribution < 1.29 is 4.42 Å². The van der Waals surface area contributed by atoms with Crippen LogP contribution in [-0.4, -0.2) is 0 Å². The predicted octanol–water partition coefficient (Wildman–Crippen LogP) is 3.96. The van der Waals surface area contributed by atoms with Crippen LogP contribution < -0.4 is 5.32 Å². The molecule has 0 bridgehead atoms. The van der Waals surface area contributed by atoms with Crippen molar-refractivity contribution in [1.82, 2.24) is 0 Å². The molecule has 3 heteroatoms. The van der Waals surface area contributed by atoms with Gasteiger partial charge in [-0.3, -0.25) is 0 Å². The zero-order valence-electron chi connectivity index (χ0n) is 8.46. The largest absolute Gasteiger partial charge is 0.465 e. The minimum atomic E-state index is 0.713. The number of furan rings is 1. The van der Waals surface area contributed by atoms with Crippen molar-refractivity contribution in [3.63, 3.8) is 0 Å². The number of nitrogens with one attached hydrogen (secondary N) is 1. The summed E-state index contributed by atoms with van der Waals surface area (Å²) < 4.78 is 6.53. The van der Waals surface area contributed by atoms with Gasteiger partial charge >= 0.3 is 0 Å². The number of benzene rings is 1. The van der Waals surface area contributed by atoms with Crippen LogP contribution in [0.25, 0.3) is 0 Å². The summed E-state index contributed by atoms with van der Waals surface area (Å²) >= 11 is 3.43. The zero-order valence-corrected chi connectivity index (χ0v) is 10.0. The topological polar surface area (TPSA) is 25.2 Å². The van der Waals surface area contributed by atoms with Gasteiger partial charge in [0.05, 0.1) is 6.54 Å². The van der Waals surface area contributed by atoms with Crippen LogP contribution in [0.1, 0.15) is 11.5 Å². The maximum absolute atomic E-state index is 5.46. The van der Waals surface area contributed by atoms with E-state index in [0.29, 0.717) is 6.54 Å². The predicted molar refractivity (Wildman–Crippen MR) is 64.9 cm³/mol. The highest BCUT2D eigenvalue weighted by atomic mass is 79.9. The summed E-state index contributed by atoms with van der Waals surface area (Å²) in [5.74, 6) is 1.90. The molecule has 1 N–H and O–H groups in total. The average molecular weight is 266 g/mol. The second kappa shape index (κ2) is 4.53. The van der Waals surface area contributed by atoms with E-state index in [0.717, 1.165) is 21.7 Å². The standard InChI is InChI=1S/C12H12BrNO/c1-9-5-6-12(15-9)8-14-11-4-2-3-10(13)7-11/h2-7,14H,8H2,1H3. The number of aryl methyl sites for hydroxylation is 1. The molecule has 2 aromatic rings. The molecule has 0 saturated carbocycles. The van der Waals surface area contributed by atoms with Crippen LogP contribution in [0.15, 0.2) is 45.3 Å². The van der Waals surface area contributed by atoms with E-state index in [1.54, 1.807) is 0 Å². The molecular formula is C12H12BrNO. The Morgan fingerprint density at radius 3 is 2.80 bits per heavy atom. The van der Waals surface area contributed by atoms with Gasteiger partial charge in [0.1, 0.15) is 11.5 Å². The lowest BCUT2D eigenvalue weighted by atomic mass is 10.3. The molecule has 0 radical (unpaired) electrons. The zero-order chi connectivity index (χ0) is 10.7. The van der Waals surface area contributed by atoms with Gasteiger partial charge < -0.3 is 9.73 Å². The summed E-state index contributed by atoms with van der Waals surface area (Å²) in [6.07, 6.45) is 0. The average Bonchev–Trinajstić information content (AvgIpc) is 2.62. The second-order valence-electron chi connectivity index (χ2n) is 3.38. The van der Waals surface area contributed by atoms with E-state index < -0.39 is 0 Å². The summed E-state index contributed by atoms with van der Waals surface area (Å²) in [6.45, 7) is 2.66. The van der Waals surface area contributed by atoms with Gasteiger partial charge in [0.2, 0.25) is 0 Å². The first-order valence-electron chi connectivity index (χ1n) is 4.79. The van der Waals surface area contributed by atoms with E-state index in [-0.39, 0.29) is 0 Å². The van der Waals surface area contributed by atoms with Crippen LogP contribution in [0.2, 0.25) is 0 Å². The van der Waals surface area contributed by atoms with Gasteiger partial charge in [-0.15, -0.1) is 0 Å². The molecule has 1 aromatic heterocycles. The SMILES string of the molecule is Cc1ccc(CNc2cccc(Br)c2)o1. The van der Waals surface area contributed by atoms with Gasteiger partial charge in [-0.2, -0.15) is 0 Å². The minimum Gasteiger partial charge on any atom is -0.465 e. The molecular weight excluding hydrogens is 254 g/mol. The first-order chi connectivity index (χ1) is 7.24. The van der Waals surface area contributed by atoms with Crippen molar-refractivity contribution in [1.29, 1.82) is 0 Å². The van der Waals surface area contributed by atoms with Crippen LogP contribution in [-0.2, 0) is 6.54 Å². The first kappa shape index (κ1) is 10.3. The highest BCUT2D eigenvalue weighted by Gasteiger charge is 1.98. The van der Waals surface area contributed by atoms with Crippen molar-refractivity contribution >= 4 is 21.6 Å². The Hall–Kier alpha value is -1.22. The van der Waals surface area contributed by atoms with Crippen molar-refractivity contribution in [2.75, 3.05) is 5.32 Å². The van der Waals surface area contributed by atoms with Gasteiger partial charge in [-0.25, -0.2) is 0 Å². The van der Waals surface area contributed by atoms with Crippen LogP contribution in [0.5, 0.6) is 0 Å². The molecule has 0 amide bonds. The van der Waals surface area contributed by atoms with E-state index in [1.807, 2.05) is 43.3 Å². The molecule has 0 unspecified atom stereocenters. The van der Waals surface area contributed by atoms with Crippen LogP contribution in [0.3, 0.4) is 0 Å². The summed E-state index contributed by atoms with van der Waals surface area (Å²) in [4.78, 5) is 0. The Balaban J connectivity index is 1.99. The fourth-order valence-electron chi connectivity index (χ4n) is 1.37. The normalized spacial score (nSPS) is 10.3. The summed E-state index contributed by atoms with van der Waals surface area (Å²) in [7, 11) is 0. The summed E-state index contributed by atoms with van der Waals surface area (Å²) in [5.41, 5.74) is 1.08. The molecule has 0 atom stereocenters. The number of rotatable bonds is 3. The molecule has 78 valence electrons. The molecule has 0 fully saturated rings. The van der Waals surface area contributed by atoms with Crippen LogP contribution in [0.4, 0.5) is 5.69 Å². The number of anilines is 1. The monoisotopic (exact) mass is 265 g/mol. The number of hydrogen-bond acceptors (Lipinski definition) is 2. The lowest BCUT2D eigenvalue weighted by Crippen LogP contribution is -1.97. The minimum absolute atomic E-state index is 0.713.